The smallest absolute Gasteiger partial charge is 0.276 e. The maximum atomic E-state index is 8.89. The third-order valence-electron chi connectivity index (χ3n) is 3.06. The number of nitrogens with zero attached hydrogens (tertiary/aromatic N) is 3. The maximum absolute atomic E-state index is 8.89. The van der Waals surface area contributed by atoms with Crippen LogP contribution in [0.3, 0.4) is 0 Å². The summed E-state index contributed by atoms with van der Waals surface area (Å²) in [5, 5.41) is 17.6. The molecule has 0 N–H and O–H groups in total. The lowest BCUT2D eigenvalue weighted by Gasteiger charge is -1.98. The van der Waals surface area contributed by atoms with Crippen LogP contribution in [0.15, 0.2) is 64.2 Å². The topological polar surface area (TPSA) is 62.7 Å². The van der Waals surface area contributed by atoms with Crippen molar-refractivity contribution in [3.63, 3.8) is 0 Å². The Hall–Kier alpha value is -2.58. The lowest BCUT2D eigenvalue weighted by atomic mass is 10.2. The van der Waals surface area contributed by atoms with Gasteiger partial charge in [0.15, 0.2) is 0 Å². The molecular weight excluding hydrogens is 294 g/mol. The molecule has 0 saturated carbocycles. The summed E-state index contributed by atoms with van der Waals surface area (Å²) < 4.78 is 5.64. The highest BCUT2D eigenvalue weighted by atomic mass is 32.2. The zero-order valence-corrected chi connectivity index (χ0v) is 12.6. The fraction of sp³-hybridized carbons (Fsp3) is 0.118. The number of benzene rings is 2. The van der Waals surface area contributed by atoms with Crippen molar-refractivity contribution in [2.45, 2.75) is 17.4 Å². The predicted octanol–water partition coefficient (Wildman–Crippen LogP) is 3.82. The maximum Gasteiger partial charge on any atom is 0.276 e. The molecule has 1 heterocycles. The van der Waals surface area contributed by atoms with E-state index < -0.39 is 0 Å². The first kappa shape index (κ1) is 14.4. The van der Waals surface area contributed by atoms with Gasteiger partial charge in [0.05, 0.1) is 18.1 Å². The van der Waals surface area contributed by atoms with E-state index in [4.69, 9.17) is 9.68 Å². The number of nitriles is 1. The molecule has 0 fully saturated rings. The van der Waals surface area contributed by atoms with Gasteiger partial charge < -0.3 is 4.42 Å². The third kappa shape index (κ3) is 3.74. The first-order valence-corrected chi connectivity index (χ1v) is 7.80. The molecule has 0 unspecified atom stereocenters. The highest BCUT2D eigenvalue weighted by Gasteiger charge is 2.08. The Balaban J connectivity index is 1.61. The number of thioether (sulfide) groups is 1. The van der Waals surface area contributed by atoms with E-state index in [0.717, 1.165) is 11.1 Å². The van der Waals surface area contributed by atoms with Crippen LogP contribution in [0.4, 0.5) is 0 Å². The minimum atomic E-state index is 0.549. The van der Waals surface area contributed by atoms with E-state index in [-0.39, 0.29) is 0 Å². The van der Waals surface area contributed by atoms with Crippen LogP contribution in [0, 0.1) is 11.3 Å². The quantitative estimate of drug-likeness (QED) is 0.670. The van der Waals surface area contributed by atoms with E-state index in [1.807, 2.05) is 48.5 Å². The summed E-state index contributed by atoms with van der Waals surface area (Å²) >= 11 is 1.47. The van der Waals surface area contributed by atoms with Crippen molar-refractivity contribution in [3.8, 4) is 6.07 Å². The van der Waals surface area contributed by atoms with E-state index in [2.05, 4.69) is 16.3 Å². The Bertz CT molecular complexity index is 793. The van der Waals surface area contributed by atoms with E-state index in [1.165, 1.54) is 11.8 Å². The molecule has 0 aliphatic rings. The second-order valence-electron chi connectivity index (χ2n) is 4.72. The second-order valence-corrected chi connectivity index (χ2v) is 5.65. The van der Waals surface area contributed by atoms with Crippen molar-refractivity contribution in [3.05, 3.63) is 77.2 Å². The molecule has 108 valence electrons. The first-order chi connectivity index (χ1) is 10.8. The average molecular weight is 307 g/mol. The predicted molar refractivity (Wildman–Crippen MR) is 84.3 cm³/mol. The minimum absolute atomic E-state index is 0.549. The van der Waals surface area contributed by atoms with Gasteiger partial charge in [-0.3, -0.25) is 0 Å². The molecule has 5 heteroatoms. The van der Waals surface area contributed by atoms with E-state index in [9.17, 15) is 0 Å². The van der Waals surface area contributed by atoms with Crippen molar-refractivity contribution in [1.82, 2.24) is 10.2 Å². The van der Waals surface area contributed by atoms with Gasteiger partial charge in [-0.05, 0) is 23.3 Å². The van der Waals surface area contributed by atoms with E-state index >= 15 is 0 Å². The third-order valence-corrected chi connectivity index (χ3v) is 3.95. The van der Waals surface area contributed by atoms with Gasteiger partial charge in [-0.25, -0.2) is 0 Å². The van der Waals surface area contributed by atoms with Gasteiger partial charge in [0.2, 0.25) is 5.89 Å². The molecule has 0 aliphatic carbocycles. The highest BCUT2D eigenvalue weighted by Crippen LogP contribution is 2.22. The molecule has 0 saturated heterocycles. The van der Waals surface area contributed by atoms with Gasteiger partial charge in [-0.2, -0.15) is 5.26 Å². The Morgan fingerprint density at radius 2 is 1.82 bits per heavy atom. The zero-order chi connectivity index (χ0) is 15.2. The molecule has 0 atom stereocenters. The highest BCUT2D eigenvalue weighted by molar-refractivity contribution is 7.98. The van der Waals surface area contributed by atoms with Crippen molar-refractivity contribution in [2.24, 2.45) is 0 Å². The molecule has 0 spiro atoms. The normalized spacial score (nSPS) is 10.3. The van der Waals surface area contributed by atoms with Gasteiger partial charge >= 0.3 is 0 Å². The minimum Gasteiger partial charge on any atom is -0.416 e. The van der Waals surface area contributed by atoms with Crippen LogP contribution in [0.2, 0.25) is 0 Å². The Kier molecular flexibility index (Phi) is 4.52. The lowest BCUT2D eigenvalue weighted by Crippen LogP contribution is -1.87. The molecule has 1 aromatic heterocycles. The van der Waals surface area contributed by atoms with Crippen LogP contribution in [-0.4, -0.2) is 10.2 Å². The summed E-state index contributed by atoms with van der Waals surface area (Å²) in [6.45, 7) is 0. The number of rotatable bonds is 5. The summed E-state index contributed by atoms with van der Waals surface area (Å²) in [4.78, 5) is 0. The summed E-state index contributed by atoms with van der Waals surface area (Å²) in [6, 6.07) is 19.7. The molecule has 0 aliphatic heterocycles. The van der Waals surface area contributed by atoms with Crippen LogP contribution in [0.25, 0.3) is 0 Å². The molecule has 4 nitrogen and oxygen atoms in total. The fourth-order valence-corrected chi connectivity index (χ4v) is 2.74. The molecule has 0 radical (unpaired) electrons. The summed E-state index contributed by atoms with van der Waals surface area (Å²) in [5.74, 6) is 1.31. The van der Waals surface area contributed by atoms with Crippen LogP contribution >= 0.6 is 11.8 Å². The van der Waals surface area contributed by atoms with Gasteiger partial charge in [0, 0.05) is 5.75 Å². The summed E-state index contributed by atoms with van der Waals surface area (Å²) in [7, 11) is 0. The molecular formula is C17H13N3OS. The second kappa shape index (κ2) is 6.92. The summed E-state index contributed by atoms with van der Waals surface area (Å²) in [5.41, 5.74) is 2.87. The average Bonchev–Trinajstić information content (AvgIpc) is 3.01. The standard InChI is InChI=1S/C17H13N3OS/c18-11-14-7-4-8-15(9-14)12-22-17-20-19-16(21-17)10-13-5-2-1-3-6-13/h1-9H,10,12H2. The number of hydrogen-bond acceptors (Lipinski definition) is 5. The SMILES string of the molecule is N#Cc1cccc(CSc2nnc(Cc3ccccc3)o2)c1. The molecule has 3 rings (SSSR count). The van der Waals surface area contributed by atoms with E-state index in [0.29, 0.717) is 28.9 Å². The number of hydrogen-bond donors (Lipinski definition) is 0. The van der Waals surface area contributed by atoms with Crippen molar-refractivity contribution >= 4 is 11.8 Å². The van der Waals surface area contributed by atoms with E-state index in [1.54, 1.807) is 6.07 Å². The largest absolute Gasteiger partial charge is 0.416 e. The van der Waals surface area contributed by atoms with Gasteiger partial charge in [0.1, 0.15) is 0 Å². The molecule has 0 bridgehead atoms. The monoisotopic (exact) mass is 307 g/mol. The lowest BCUT2D eigenvalue weighted by molar-refractivity contribution is 0.420. The summed E-state index contributed by atoms with van der Waals surface area (Å²) in [6.07, 6.45) is 0.637. The number of aromatic nitrogens is 2. The van der Waals surface area contributed by atoms with Crippen LogP contribution in [-0.2, 0) is 12.2 Å². The Morgan fingerprint density at radius 3 is 2.64 bits per heavy atom. The molecule has 0 amide bonds. The van der Waals surface area contributed by atoms with Gasteiger partial charge in [0.25, 0.3) is 5.22 Å². The molecule has 3 aromatic rings. The van der Waals surface area contributed by atoms with Crippen LogP contribution in [0.1, 0.15) is 22.6 Å². The Morgan fingerprint density at radius 1 is 1.00 bits per heavy atom. The van der Waals surface area contributed by atoms with Crippen molar-refractivity contribution in [1.29, 1.82) is 5.26 Å². The first-order valence-electron chi connectivity index (χ1n) is 6.81. The zero-order valence-electron chi connectivity index (χ0n) is 11.8. The van der Waals surface area contributed by atoms with Crippen LogP contribution in [0.5, 0.6) is 0 Å². The van der Waals surface area contributed by atoms with Crippen LogP contribution < -0.4 is 0 Å². The molecule has 2 aromatic carbocycles. The van der Waals surface area contributed by atoms with Gasteiger partial charge in [-0.1, -0.05) is 54.2 Å². The van der Waals surface area contributed by atoms with Crippen molar-refractivity contribution in [2.75, 3.05) is 0 Å². The molecule has 22 heavy (non-hydrogen) atoms. The Labute approximate surface area is 132 Å². The van der Waals surface area contributed by atoms with Crippen molar-refractivity contribution < 1.29 is 4.42 Å². The van der Waals surface area contributed by atoms with Gasteiger partial charge in [-0.15, -0.1) is 10.2 Å². The fourth-order valence-electron chi connectivity index (χ4n) is 2.01.